The van der Waals surface area contributed by atoms with E-state index in [1.54, 1.807) is 25.3 Å². The number of ether oxygens (including phenoxy) is 2. The summed E-state index contributed by atoms with van der Waals surface area (Å²) in [6, 6.07) is 20.2. The molecule has 5 rings (SSSR count). The first-order valence-electron chi connectivity index (χ1n) is 10.9. The van der Waals surface area contributed by atoms with Crippen LogP contribution >= 0.6 is 0 Å². The van der Waals surface area contributed by atoms with E-state index >= 15 is 0 Å². The molecule has 0 fully saturated rings. The predicted molar refractivity (Wildman–Crippen MR) is 124 cm³/mol. The number of alkyl halides is 3. The smallest absolute Gasteiger partial charge is 0.417 e. The van der Waals surface area contributed by atoms with Gasteiger partial charge in [0.1, 0.15) is 18.9 Å². The number of aliphatic imine (C=N–C) groups is 1. The Labute approximate surface area is 199 Å². The molecule has 0 saturated heterocycles. The van der Waals surface area contributed by atoms with Crippen LogP contribution in [0.15, 0.2) is 77.8 Å². The van der Waals surface area contributed by atoms with Gasteiger partial charge in [0.25, 0.3) is 0 Å². The number of nitrogens with zero attached hydrogens (tertiary/aromatic N) is 4. The molecule has 0 amide bonds. The van der Waals surface area contributed by atoms with Gasteiger partial charge in [-0.2, -0.15) is 13.2 Å². The maximum absolute atomic E-state index is 13.8. The van der Waals surface area contributed by atoms with E-state index in [-0.39, 0.29) is 24.4 Å². The Hall–Kier alpha value is -3.98. The van der Waals surface area contributed by atoms with Crippen molar-refractivity contribution in [2.45, 2.75) is 25.9 Å². The van der Waals surface area contributed by atoms with Crippen molar-refractivity contribution in [3.05, 3.63) is 107 Å². The van der Waals surface area contributed by atoms with Crippen molar-refractivity contribution >= 4 is 5.71 Å². The second-order valence-corrected chi connectivity index (χ2v) is 7.93. The SMILES string of the molecule is COc1ccc(COCc2nnc3n2-c2ccccc2C(c2ccccc2C(F)(F)F)=NC3)cc1. The summed E-state index contributed by atoms with van der Waals surface area (Å²) in [4.78, 5) is 4.55. The summed E-state index contributed by atoms with van der Waals surface area (Å²) in [5, 5.41) is 8.52. The first-order valence-corrected chi connectivity index (χ1v) is 10.9. The van der Waals surface area contributed by atoms with Crippen molar-refractivity contribution in [3.8, 4) is 11.4 Å². The van der Waals surface area contributed by atoms with Crippen LogP contribution in [-0.4, -0.2) is 27.6 Å². The van der Waals surface area contributed by atoms with Crippen LogP contribution in [-0.2, 0) is 30.7 Å². The molecule has 0 bridgehead atoms. The molecular weight excluding hydrogens is 457 g/mol. The van der Waals surface area contributed by atoms with Gasteiger partial charge in [-0.3, -0.25) is 9.56 Å². The van der Waals surface area contributed by atoms with E-state index in [1.165, 1.54) is 12.1 Å². The van der Waals surface area contributed by atoms with E-state index in [2.05, 4.69) is 15.2 Å². The molecule has 0 atom stereocenters. The van der Waals surface area contributed by atoms with Crippen molar-refractivity contribution in [2.24, 2.45) is 4.99 Å². The monoisotopic (exact) mass is 478 g/mol. The minimum Gasteiger partial charge on any atom is -0.497 e. The third-order valence-electron chi connectivity index (χ3n) is 5.72. The molecule has 2 heterocycles. The third kappa shape index (κ3) is 4.54. The van der Waals surface area contributed by atoms with E-state index in [0.717, 1.165) is 17.4 Å². The molecule has 9 heteroatoms. The molecule has 3 aromatic carbocycles. The van der Waals surface area contributed by atoms with Crippen LogP contribution in [0.5, 0.6) is 5.75 Å². The molecule has 0 saturated carbocycles. The summed E-state index contributed by atoms with van der Waals surface area (Å²) in [6.07, 6.45) is -4.50. The Bertz CT molecular complexity index is 1380. The number of methoxy groups -OCH3 is 1. The summed E-state index contributed by atoms with van der Waals surface area (Å²) in [5.41, 5.74) is 1.76. The van der Waals surface area contributed by atoms with Crippen molar-refractivity contribution < 1.29 is 22.6 Å². The lowest BCUT2D eigenvalue weighted by molar-refractivity contribution is -0.137. The van der Waals surface area contributed by atoms with E-state index in [0.29, 0.717) is 29.5 Å². The van der Waals surface area contributed by atoms with Crippen LogP contribution in [0.1, 0.15) is 33.9 Å². The number of rotatable bonds is 6. The molecule has 1 aromatic heterocycles. The van der Waals surface area contributed by atoms with Gasteiger partial charge in [-0.25, -0.2) is 0 Å². The number of benzene rings is 3. The quantitative estimate of drug-likeness (QED) is 0.374. The second-order valence-electron chi connectivity index (χ2n) is 7.93. The zero-order valence-corrected chi connectivity index (χ0v) is 18.8. The summed E-state index contributed by atoms with van der Waals surface area (Å²) >= 11 is 0. The highest BCUT2D eigenvalue weighted by molar-refractivity contribution is 6.16. The number of fused-ring (bicyclic) bond motifs is 3. The highest BCUT2D eigenvalue weighted by atomic mass is 19.4. The molecule has 0 N–H and O–H groups in total. The van der Waals surface area contributed by atoms with Crippen molar-refractivity contribution in [1.29, 1.82) is 0 Å². The molecule has 0 radical (unpaired) electrons. The minimum atomic E-state index is -4.50. The van der Waals surface area contributed by atoms with Crippen LogP contribution < -0.4 is 4.74 Å². The van der Waals surface area contributed by atoms with Crippen LogP contribution in [0.3, 0.4) is 0 Å². The number of para-hydroxylation sites is 1. The second kappa shape index (κ2) is 9.34. The molecule has 178 valence electrons. The van der Waals surface area contributed by atoms with Crippen LogP contribution in [0.2, 0.25) is 0 Å². The Morgan fingerprint density at radius 2 is 1.57 bits per heavy atom. The zero-order chi connectivity index (χ0) is 24.4. The molecule has 0 spiro atoms. The Balaban J connectivity index is 1.47. The van der Waals surface area contributed by atoms with Gasteiger partial charge in [0.2, 0.25) is 0 Å². The van der Waals surface area contributed by atoms with E-state index in [4.69, 9.17) is 9.47 Å². The van der Waals surface area contributed by atoms with Crippen LogP contribution in [0.4, 0.5) is 13.2 Å². The third-order valence-corrected chi connectivity index (χ3v) is 5.72. The molecule has 35 heavy (non-hydrogen) atoms. The normalized spacial score (nSPS) is 13.0. The molecule has 0 aliphatic carbocycles. The van der Waals surface area contributed by atoms with Gasteiger partial charge in [-0.1, -0.05) is 48.5 Å². The van der Waals surface area contributed by atoms with Crippen molar-refractivity contribution in [2.75, 3.05) is 7.11 Å². The highest BCUT2D eigenvalue weighted by Gasteiger charge is 2.35. The lowest BCUT2D eigenvalue weighted by Gasteiger charge is -2.16. The lowest BCUT2D eigenvalue weighted by Crippen LogP contribution is -2.15. The summed E-state index contributed by atoms with van der Waals surface area (Å²) in [5.74, 6) is 1.83. The standard InChI is InChI=1S/C26H21F3N4O2/c1-34-18-12-10-17(11-13-18)15-35-16-24-32-31-23-14-30-25(20-7-3-5-9-22(20)33(23)24)19-6-2-4-8-21(19)26(27,28)29/h2-13H,14-16H2,1H3. The fraction of sp³-hybridized carbons (Fsp3) is 0.192. The molecule has 0 unspecified atom stereocenters. The first kappa shape index (κ1) is 22.8. The topological polar surface area (TPSA) is 61.5 Å². The Kier molecular flexibility index (Phi) is 6.08. The maximum atomic E-state index is 13.8. The fourth-order valence-corrected chi connectivity index (χ4v) is 4.08. The first-order chi connectivity index (χ1) is 17.0. The Morgan fingerprint density at radius 1 is 0.857 bits per heavy atom. The number of hydrogen-bond donors (Lipinski definition) is 0. The molecule has 1 aliphatic rings. The maximum Gasteiger partial charge on any atom is 0.417 e. The van der Waals surface area contributed by atoms with E-state index < -0.39 is 11.7 Å². The summed E-state index contributed by atoms with van der Waals surface area (Å²) < 4.78 is 54.2. The van der Waals surface area contributed by atoms with Gasteiger partial charge in [0.15, 0.2) is 11.6 Å². The van der Waals surface area contributed by atoms with Crippen LogP contribution in [0, 0.1) is 0 Å². The largest absolute Gasteiger partial charge is 0.497 e. The van der Waals surface area contributed by atoms with Gasteiger partial charge in [-0.05, 0) is 29.8 Å². The van der Waals surface area contributed by atoms with Gasteiger partial charge >= 0.3 is 6.18 Å². The molecule has 4 aromatic rings. The fourth-order valence-electron chi connectivity index (χ4n) is 4.08. The molecule has 1 aliphatic heterocycles. The van der Waals surface area contributed by atoms with Crippen LogP contribution in [0.25, 0.3) is 5.69 Å². The average Bonchev–Trinajstić information content (AvgIpc) is 3.19. The molecular formula is C26H21F3N4O2. The summed E-state index contributed by atoms with van der Waals surface area (Å²) in [6.45, 7) is 0.609. The van der Waals surface area contributed by atoms with Gasteiger partial charge in [-0.15, -0.1) is 10.2 Å². The lowest BCUT2D eigenvalue weighted by atomic mass is 9.96. The predicted octanol–water partition coefficient (Wildman–Crippen LogP) is 5.36. The van der Waals surface area contributed by atoms with Crippen molar-refractivity contribution in [1.82, 2.24) is 14.8 Å². The average molecular weight is 478 g/mol. The molecule has 6 nitrogen and oxygen atoms in total. The highest BCUT2D eigenvalue weighted by Crippen LogP contribution is 2.35. The Morgan fingerprint density at radius 3 is 2.31 bits per heavy atom. The minimum absolute atomic E-state index is 0.0310. The van der Waals surface area contributed by atoms with E-state index in [1.807, 2.05) is 41.0 Å². The van der Waals surface area contributed by atoms with Crippen molar-refractivity contribution in [3.63, 3.8) is 0 Å². The number of aromatic nitrogens is 3. The van der Waals surface area contributed by atoms with Gasteiger partial charge < -0.3 is 9.47 Å². The van der Waals surface area contributed by atoms with E-state index in [9.17, 15) is 13.2 Å². The van der Waals surface area contributed by atoms with Gasteiger partial charge in [0.05, 0.1) is 30.7 Å². The zero-order valence-electron chi connectivity index (χ0n) is 18.8. The summed E-state index contributed by atoms with van der Waals surface area (Å²) in [7, 11) is 1.61. The number of hydrogen-bond acceptors (Lipinski definition) is 5. The number of halogens is 3. The van der Waals surface area contributed by atoms with Gasteiger partial charge in [0, 0.05) is 11.1 Å².